The molecule has 12 nitrogen and oxygen atoms in total. The lowest BCUT2D eigenvalue weighted by atomic mass is 9.55. The van der Waals surface area contributed by atoms with E-state index < -0.39 is 17.7 Å². The molecule has 3 aliphatic rings. The number of rotatable bonds is 20. The summed E-state index contributed by atoms with van der Waals surface area (Å²) in [7, 11) is 3.25. The maximum absolute atomic E-state index is 14.6. The number of allylic oxidation sites excluding steroid dienone is 1. The van der Waals surface area contributed by atoms with E-state index in [1.807, 2.05) is 48.5 Å². The van der Waals surface area contributed by atoms with Gasteiger partial charge in [0, 0.05) is 43.7 Å². The average Bonchev–Trinajstić information content (AvgIpc) is 3.32. The normalized spacial score (nSPS) is 22.6. The molecule has 0 unspecified atom stereocenters. The Balaban J connectivity index is 1.42. The van der Waals surface area contributed by atoms with Crippen LogP contribution in [0.1, 0.15) is 88.3 Å². The highest BCUT2D eigenvalue weighted by atomic mass is 16.7. The van der Waals surface area contributed by atoms with Gasteiger partial charge in [-0.3, -0.25) is 9.59 Å². The molecule has 0 aromatic heterocycles. The number of likely N-dealkylation sites (N-methyl/N-ethyl adjacent to an activating group) is 1. The van der Waals surface area contributed by atoms with Crippen LogP contribution in [0, 0.1) is 29.1 Å². The van der Waals surface area contributed by atoms with Gasteiger partial charge in [-0.05, 0) is 109 Å². The molecular formula is C51H55N3O9. The first-order valence-electron chi connectivity index (χ1n) is 21.6. The van der Waals surface area contributed by atoms with Gasteiger partial charge in [-0.2, -0.15) is 5.26 Å². The van der Waals surface area contributed by atoms with E-state index in [9.17, 15) is 25.1 Å². The molecule has 0 spiro atoms. The van der Waals surface area contributed by atoms with E-state index >= 15 is 0 Å². The predicted octanol–water partition coefficient (Wildman–Crippen LogP) is 8.78. The largest absolute Gasteiger partial charge is 0.496 e. The monoisotopic (exact) mass is 853 g/mol. The maximum atomic E-state index is 14.6. The van der Waals surface area contributed by atoms with Crippen LogP contribution in [0.5, 0.6) is 23.0 Å². The summed E-state index contributed by atoms with van der Waals surface area (Å²) in [6.07, 6.45) is 9.32. The van der Waals surface area contributed by atoms with Crippen LogP contribution in [-0.4, -0.2) is 78.8 Å². The maximum Gasteiger partial charge on any atom is 0.254 e. The minimum Gasteiger partial charge on any atom is -0.496 e. The fraction of sp³-hybridized carbons (Fsp3) is 0.373. The van der Waals surface area contributed by atoms with Crippen LogP contribution in [-0.2, 0) is 16.2 Å². The molecule has 2 aliphatic carbocycles. The van der Waals surface area contributed by atoms with Gasteiger partial charge in [0.2, 0.25) is 5.79 Å². The molecule has 1 heterocycles. The number of methoxy groups -OCH3 is 1. The van der Waals surface area contributed by atoms with Crippen molar-refractivity contribution in [2.45, 2.75) is 69.3 Å². The highest BCUT2D eigenvalue weighted by Crippen LogP contribution is 2.62. The molecule has 0 saturated heterocycles. The van der Waals surface area contributed by atoms with Crippen molar-refractivity contribution < 1.29 is 43.6 Å². The SMILES string of the molecule is C=CCO[C@@]12Oc3ccc(Oc4ccc(OC)c(C=O)c4)cc3[C@H]3[C@H](CCCCO)[C@@H](CCCCO)C=C(C(=NOCc4ccccc4)C[C@@H]1N(C)C(=O)c1ccc(C#N)cc1)[C@H]32. The minimum atomic E-state index is -1.45. The summed E-state index contributed by atoms with van der Waals surface area (Å²) in [6.45, 7) is 4.50. The van der Waals surface area contributed by atoms with Crippen molar-refractivity contribution in [3.63, 3.8) is 0 Å². The van der Waals surface area contributed by atoms with Crippen LogP contribution in [0.4, 0.5) is 0 Å². The molecule has 4 aromatic rings. The van der Waals surface area contributed by atoms with Crippen LogP contribution >= 0.6 is 0 Å². The predicted molar refractivity (Wildman–Crippen MR) is 238 cm³/mol. The first-order valence-corrected chi connectivity index (χ1v) is 21.6. The number of fused-ring (bicyclic) bond motifs is 2. The Labute approximate surface area is 369 Å². The van der Waals surface area contributed by atoms with Crippen LogP contribution < -0.4 is 14.2 Å². The number of nitriles is 1. The van der Waals surface area contributed by atoms with Crippen molar-refractivity contribution in [3.8, 4) is 29.1 Å². The summed E-state index contributed by atoms with van der Waals surface area (Å²) in [6, 6.07) is 28.5. The van der Waals surface area contributed by atoms with Gasteiger partial charge < -0.3 is 38.9 Å². The lowest BCUT2D eigenvalue weighted by molar-refractivity contribution is -0.252. The number of hydrogen-bond donors (Lipinski definition) is 2. The fourth-order valence-electron chi connectivity index (χ4n) is 9.59. The molecule has 0 radical (unpaired) electrons. The third-order valence-corrected chi connectivity index (χ3v) is 12.5. The van der Waals surface area contributed by atoms with Crippen molar-refractivity contribution in [3.05, 3.63) is 143 Å². The van der Waals surface area contributed by atoms with Crippen molar-refractivity contribution in [1.82, 2.24) is 4.90 Å². The van der Waals surface area contributed by atoms with Crippen molar-refractivity contribution in [2.75, 3.05) is 34.0 Å². The summed E-state index contributed by atoms with van der Waals surface area (Å²) in [5, 5.41) is 34.3. The third-order valence-electron chi connectivity index (χ3n) is 12.5. The highest BCUT2D eigenvalue weighted by molar-refractivity contribution is 6.03. The summed E-state index contributed by atoms with van der Waals surface area (Å²) < 4.78 is 26.1. The molecule has 4 aromatic carbocycles. The lowest BCUT2D eigenvalue weighted by Gasteiger charge is -2.59. The van der Waals surface area contributed by atoms with E-state index in [-0.39, 0.29) is 56.5 Å². The first-order chi connectivity index (χ1) is 30.8. The molecule has 328 valence electrons. The Morgan fingerprint density at radius 3 is 2.41 bits per heavy atom. The van der Waals surface area contributed by atoms with Crippen molar-refractivity contribution in [1.29, 1.82) is 5.26 Å². The first kappa shape index (κ1) is 44.8. The zero-order chi connectivity index (χ0) is 44.3. The molecular weight excluding hydrogens is 799 g/mol. The number of benzene rings is 4. The summed E-state index contributed by atoms with van der Waals surface area (Å²) in [4.78, 5) is 34.4. The van der Waals surface area contributed by atoms with Gasteiger partial charge in [-0.1, -0.05) is 60.5 Å². The van der Waals surface area contributed by atoms with E-state index in [1.165, 1.54) is 7.11 Å². The summed E-state index contributed by atoms with van der Waals surface area (Å²) in [5.74, 6) is -0.511. The Hall–Kier alpha value is -6.26. The number of amides is 1. The number of aldehydes is 1. The summed E-state index contributed by atoms with van der Waals surface area (Å²) >= 11 is 0. The zero-order valence-electron chi connectivity index (χ0n) is 35.9. The van der Waals surface area contributed by atoms with E-state index in [0.29, 0.717) is 58.2 Å². The van der Waals surface area contributed by atoms with Gasteiger partial charge in [-0.15, -0.1) is 6.58 Å². The number of ether oxygens (including phenoxy) is 4. The van der Waals surface area contributed by atoms with Crippen LogP contribution in [0.15, 0.2) is 120 Å². The topological polar surface area (TPSA) is 160 Å². The fourth-order valence-corrected chi connectivity index (χ4v) is 9.59. The number of unbranched alkanes of at least 4 members (excludes halogenated alkanes) is 2. The molecule has 1 aliphatic heterocycles. The van der Waals surface area contributed by atoms with E-state index in [2.05, 4.69) is 18.7 Å². The second-order valence-electron chi connectivity index (χ2n) is 16.3. The number of nitrogens with zero attached hydrogens (tertiary/aromatic N) is 3. The second-order valence-corrected chi connectivity index (χ2v) is 16.3. The molecule has 1 fully saturated rings. The Morgan fingerprint density at radius 1 is 0.984 bits per heavy atom. The van der Waals surface area contributed by atoms with E-state index in [0.717, 1.165) is 48.7 Å². The zero-order valence-corrected chi connectivity index (χ0v) is 35.9. The number of hydrogen-bond acceptors (Lipinski definition) is 11. The third kappa shape index (κ3) is 9.56. The molecule has 63 heavy (non-hydrogen) atoms. The molecule has 7 rings (SSSR count). The highest BCUT2D eigenvalue weighted by Gasteiger charge is 2.65. The van der Waals surface area contributed by atoms with Gasteiger partial charge in [0.05, 0.1) is 42.5 Å². The minimum absolute atomic E-state index is 0.000946. The molecule has 12 heteroatoms. The number of aliphatic hydroxyl groups excluding tert-OH is 2. The Kier molecular flexibility index (Phi) is 14.7. The molecule has 6 atom stereocenters. The van der Waals surface area contributed by atoms with Gasteiger partial charge in [0.15, 0.2) is 6.29 Å². The van der Waals surface area contributed by atoms with Crippen LogP contribution in [0.25, 0.3) is 0 Å². The van der Waals surface area contributed by atoms with E-state index in [1.54, 1.807) is 60.5 Å². The average molecular weight is 854 g/mol. The van der Waals surface area contributed by atoms with Gasteiger partial charge >= 0.3 is 0 Å². The standard InChI is InChI=1S/C51H55N3O9/c1-4-26-60-51-47(54(2)50(58)36-18-16-34(31-52)17-19-36)30-44(53-61-33-35-12-6-5-7-13-35)42-28-37(14-8-10-24-55)41(15-9-11-25-56)48(49(42)51)43-29-40(21-23-46(43)63-51)62-39-20-22-45(59-3)38(27-39)32-57/h4-7,12-13,16-23,27-29,32,37,41,47-49,55-56H,1,8-11,14-15,24-26,30,33H2,2-3H3/t37-,41+,47-,48+,49+,51+/m0/s1. The van der Waals surface area contributed by atoms with Crippen LogP contribution in [0.2, 0.25) is 0 Å². The summed E-state index contributed by atoms with van der Waals surface area (Å²) in [5.41, 5.74) is 4.60. The lowest BCUT2D eigenvalue weighted by Crippen LogP contribution is -2.69. The molecule has 2 N–H and O–H groups in total. The van der Waals surface area contributed by atoms with Crippen LogP contribution in [0.3, 0.4) is 0 Å². The number of aliphatic hydroxyl groups is 2. The Bertz CT molecular complexity index is 2340. The van der Waals surface area contributed by atoms with Gasteiger partial charge in [0.25, 0.3) is 5.91 Å². The van der Waals surface area contributed by atoms with Gasteiger partial charge in [0.1, 0.15) is 35.6 Å². The van der Waals surface area contributed by atoms with E-state index in [4.69, 9.17) is 28.9 Å². The molecule has 0 bridgehead atoms. The number of carbonyl (C=O) groups is 2. The van der Waals surface area contributed by atoms with Crippen molar-refractivity contribution >= 4 is 17.9 Å². The van der Waals surface area contributed by atoms with Crippen molar-refractivity contribution in [2.24, 2.45) is 22.9 Å². The number of carbonyl (C=O) groups excluding carboxylic acids is 2. The second kappa shape index (κ2) is 20.7. The quantitative estimate of drug-likeness (QED) is 0.0381. The Morgan fingerprint density at radius 2 is 1.71 bits per heavy atom. The molecule has 1 saturated carbocycles. The smallest absolute Gasteiger partial charge is 0.254 e. The number of oxime groups is 1. The van der Waals surface area contributed by atoms with Gasteiger partial charge in [-0.25, -0.2) is 0 Å². The molecule has 1 amide bonds.